The van der Waals surface area contributed by atoms with Crippen LogP contribution in [-0.4, -0.2) is 28.8 Å². The maximum atomic E-state index is 14.2. The molecular weight excluding hydrogens is 445 g/mol. The lowest BCUT2D eigenvalue weighted by Crippen LogP contribution is -2.33. The Hall–Kier alpha value is -4.20. The fraction of sp³-hybridized carbons (Fsp3) is 0.115. The van der Waals surface area contributed by atoms with Gasteiger partial charge in [-0.3, -0.25) is 14.5 Å². The maximum absolute atomic E-state index is 14.2. The van der Waals surface area contributed by atoms with Crippen LogP contribution in [0.4, 0.5) is 13.2 Å². The van der Waals surface area contributed by atoms with Crippen molar-refractivity contribution in [2.24, 2.45) is 0 Å². The first-order valence-corrected chi connectivity index (χ1v) is 10.4. The molecule has 0 saturated carbocycles. The van der Waals surface area contributed by atoms with Crippen LogP contribution in [0.25, 0.3) is 22.0 Å². The Kier molecular flexibility index (Phi) is 5.08. The summed E-state index contributed by atoms with van der Waals surface area (Å²) in [4.78, 5) is 31.9. The molecule has 1 atom stereocenters. The van der Waals surface area contributed by atoms with Crippen molar-refractivity contribution in [2.45, 2.75) is 13.0 Å². The second kappa shape index (κ2) is 7.98. The van der Waals surface area contributed by atoms with Crippen LogP contribution < -0.4 is 4.74 Å². The second-order valence-corrected chi connectivity index (χ2v) is 7.93. The van der Waals surface area contributed by atoms with Gasteiger partial charge in [0.15, 0.2) is 0 Å². The van der Waals surface area contributed by atoms with Crippen molar-refractivity contribution in [3.05, 3.63) is 94.9 Å². The van der Waals surface area contributed by atoms with Gasteiger partial charge in [-0.2, -0.15) is 0 Å². The molecule has 5 nitrogen and oxygen atoms in total. The Bertz CT molecular complexity index is 1450. The van der Waals surface area contributed by atoms with Gasteiger partial charge in [0.05, 0.1) is 35.5 Å². The number of methoxy groups -OCH3 is 1. The van der Waals surface area contributed by atoms with E-state index in [1.807, 2.05) is 0 Å². The number of rotatable bonds is 4. The molecule has 2 amide bonds. The number of amides is 2. The summed E-state index contributed by atoms with van der Waals surface area (Å²) >= 11 is 0. The average Bonchev–Trinajstić information content (AvgIpc) is 3.07. The normalized spacial score (nSPS) is 14.0. The van der Waals surface area contributed by atoms with E-state index in [0.717, 1.165) is 23.1 Å². The summed E-state index contributed by atoms with van der Waals surface area (Å²) in [5.74, 6) is -3.13. The van der Waals surface area contributed by atoms with Crippen molar-refractivity contribution in [3.63, 3.8) is 0 Å². The van der Waals surface area contributed by atoms with E-state index in [1.165, 1.54) is 25.3 Å². The van der Waals surface area contributed by atoms with Crippen LogP contribution in [0, 0.1) is 17.5 Å². The fourth-order valence-corrected chi connectivity index (χ4v) is 4.40. The van der Waals surface area contributed by atoms with Crippen LogP contribution in [0.2, 0.25) is 0 Å². The minimum atomic E-state index is -0.933. The Balaban J connectivity index is 1.79. The molecular formula is C26H17F3N2O3. The summed E-state index contributed by atoms with van der Waals surface area (Å²) in [5.41, 5.74) is 1.25. The first-order chi connectivity index (χ1) is 16.3. The predicted octanol–water partition coefficient (Wildman–Crippen LogP) is 5.68. The quantitative estimate of drug-likeness (QED) is 0.366. The van der Waals surface area contributed by atoms with E-state index in [-0.39, 0.29) is 39.1 Å². The zero-order chi connectivity index (χ0) is 24.1. The molecule has 34 heavy (non-hydrogen) atoms. The SMILES string of the molecule is COc1c(-c2cc(F)cc(F)c2)c([C@H](C)N2C(=O)c3ccccc3C2=O)nc2ccc(F)cc12. The second-order valence-electron chi connectivity index (χ2n) is 7.93. The van der Waals surface area contributed by atoms with Gasteiger partial charge in [-0.15, -0.1) is 0 Å². The lowest BCUT2D eigenvalue weighted by molar-refractivity contribution is 0.0592. The van der Waals surface area contributed by atoms with Crippen molar-refractivity contribution < 1.29 is 27.5 Å². The van der Waals surface area contributed by atoms with Crippen molar-refractivity contribution in [1.29, 1.82) is 0 Å². The number of imide groups is 1. The molecule has 170 valence electrons. The molecule has 0 unspecified atom stereocenters. The van der Waals surface area contributed by atoms with Crippen LogP contribution in [0.15, 0.2) is 60.7 Å². The Morgan fingerprint density at radius 1 is 0.853 bits per heavy atom. The van der Waals surface area contributed by atoms with Gasteiger partial charge in [0.2, 0.25) is 0 Å². The fourth-order valence-electron chi connectivity index (χ4n) is 4.40. The van der Waals surface area contributed by atoms with E-state index in [1.54, 1.807) is 31.2 Å². The number of ether oxygens (including phenoxy) is 1. The molecule has 2 heterocycles. The highest BCUT2D eigenvalue weighted by molar-refractivity contribution is 6.21. The molecule has 0 fully saturated rings. The molecule has 8 heteroatoms. The lowest BCUT2D eigenvalue weighted by Gasteiger charge is -2.26. The average molecular weight is 462 g/mol. The predicted molar refractivity (Wildman–Crippen MR) is 119 cm³/mol. The zero-order valence-corrected chi connectivity index (χ0v) is 18.1. The van der Waals surface area contributed by atoms with Gasteiger partial charge >= 0.3 is 0 Å². The Morgan fingerprint density at radius 2 is 1.47 bits per heavy atom. The molecule has 1 aromatic heterocycles. The first kappa shape index (κ1) is 21.6. The monoisotopic (exact) mass is 462 g/mol. The van der Waals surface area contributed by atoms with Crippen LogP contribution >= 0.6 is 0 Å². The summed E-state index contributed by atoms with van der Waals surface area (Å²) < 4.78 is 48.0. The molecule has 0 spiro atoms. The minimum absolute atomic E-state index is 0.0754. The summed E-state index contributed by atoms with van der Waals surface area (Å²) in [6.45, 7) is 1.60. The third kappa shape index (κ3) is 3.30. The van der Waals surface area contributed by atoms with Gasteiger partial charge in [-0.1, -0.05) is 12.1 Å². The summed E-state index contributed by atoms with van der Waals surface area (Å²) in [5, 5.41) is 0.278. The van der Waals surface area contributed by atoms with E-state index < -0.39 is 35.3 Å². The Morgan fingerprint density at radius 3 is 2.06 bits per heavy atom. The molecule has 1 aliphatic rings. The minimum Gasteiger partial charge on any atom is -0.495 e. The maximum Gasteiger partial charge on any atom is 0.262 e. The van der Waals surface area contributed by atoms with Gasteiger partial charge in [0.1, 0.15) is 23.2 Å². The number of nitrogens with zero attached hydrogens (tertiary/aromatic N) is 2. The molecule has 0 saturated heterocycles. The molecule has 0 N–H and O–H groups in total. The highest BCUT2D eigenvalue weighted by Gasteiger charge is 2.40. The zero-order valence-electron chi connectivity index (χ0n) is 18.1. The van der Waals surface area contributed by atoms with Crippen LogP contribution in [-0.2, 0) is 0 Å². The third-order valence-electron chi connectivity index (χ3n) is 5.89. The number of pyridine rings is 1. The van der Waals surface area contributed by atoms with Gasteiger partial charge in [0, 0.05) is 17.0 Å². The smallest absolute Gasteiger partial charge is 0.262 e. The van der Waals surface area contributed by atoms with Gasteiger partial charge in [0.25, 0.3) is 11.8 Å². The number of halogens is 3. The number of carbonyl (C=O) groups excluding carboxylic acids is 2. The number of hydrogen-bond acceptors (Lipinski definition) is 4. The number of carbonyl (C=O) groups is 2. The molecule has 3 aromatic carbocycles. The van der Waals surface area contributed by atoms with Gasteiger partial charge in [-0.05, 0) is 55.0 Å². The van der Waals surface area contributed by atoms with Gasteiger partial charge in [-0.25, -0.2) is 18.2 Å². The van der Waals surface area contributed by atoms with E-state index in [9.17, 15) is 22.8 Å². The molecule has 5 rings (SSSR count). The standard InChI is InChI=1S/C26H17F3N2O3/c1-13(31-25(32)18-5-3-4-6-19(18)26(31)33)23-22(14-9-16(28)11-17(29)10-14)24(34-2)20-12-15(27)7-8-21(20)30-23/h3-13H,1-2H3/t13-/m0/s1. The summed E-state index contributed by atoms with van der Waals surface area (Å²) in [6, 6.07) is 12.2. The topological polar surface area (TPSA) is 59.5 Å². The Labute approximate surface area is 192 Å². The largest absolute Gasteiger partial charge is 0.495 e. The van der Waals surface area contributed by atoms with Crippen LogP contribution in [0.1, 0.15) is 39.4 Å². The number of benzene rings is 3. The molecule has 4 aromatic rings. The molecule has 0 radical (unpaired) electrons. The van der Waals surface area contributed by atoms with Crippen LogP contribution in [0.3, 0.4) is 0 Å². The number of hydrogen-bond donors (Lipinski definition) is 0. The van der Waals surface area contributed by atoms with E-state index >= 15 is 0 Å². The summed E-state index contributed by atoms with van der Waals surface area (Å²) in [7, 11) is 1.34. The van der Waals surface area contributed by atoms with Crippen molar-refractivity contribution in [1.82, 2.24) is 9.88 Å². The van der Waals surface area contributed by atoms with Crippen molar-refractivity contribution in [3.8, 4) is 16.9 Å². The molecule has 0 aliphatic carbocycles. The number of aromatic nitrogens is 1. The van der Waals surface area contributed by atoms with Crippen molar-refractivity contribution in [2.75, 3.05) is 7.11 Å². The molecule has 1 aliphatic heterocycles. The van der Waals surface area contributed by atoms with Gasteiger partial charge < -0.3 is 4.74 Å². The first-order valence-electron chi connectivity index (χ1n) is 10.4. The highest BCUT2D eigenvalue weighted by atomic mass is 19.1. The van der Waals surface area contributed by atoms with E-state index in [2.05, 4.69) is 4.98 Å². The number of fused-ring (bicyclic) bond motifs is 2. The van der Waals surface area contributed by atoms with E-state index in [4.69, 9.17) is 4.74 Å². The van der Waals surface area contributed by atoms with Crippen molar-refractivity contribution >= 4 is 22.7 Å². The molecule has 0 bridgehead atoms. The van der Waals surface area contributed by atoms with Crippen LogP contribution in [0.5, 0.6) is 5.75 Å². The summed E-state index contributed by atoms with van der Waals surface area (Å²) in [6.07, 6.45) is 0. The van der Waals surface area contributed by atoms with E-state index in [0.29, 0.717) is 5.52 Å². The lowest BCUT2D eigenvalue weighted by atomic mass is 9.95. The highest BCUT2D eigenvalue weighted by Crippen LogP contribution is 2.43. The third-order valence-corrected chi connectivity index (χ3v) is 5.89.